The Hall–Kier alpha value is -3.70. The molecule has 1 aliphatic heterocycles. The van der Waals surface area contributed by atoms with Crippen LogP contribution in [0.2, 0.25) is 0 Å². The number of phenolic OH excluding ortho intramolecular Hbond substituents is 1. The molecule has 0 saturated carbocycles. The third kappa shape index (κ3) is 2.83. The highest BCUT2D eigenvalue weighted by Gasteiger charge is 2.41. The minimum atomic E-state index is -0.403. The van der Waals surface area contributed by atoms with Gasteiger partial charge in [0.2, 0.25) is 0 Å². The van der Waals surface area contributed by atoms with Crippen LogP contribution in [0, 0.1) is 12.3 Å². The Balaban J connectivity index is 1.79. The van der Waals surface area contributed by atoms with Crippen LogP contribution >= 0.6 is 0 Å². The summed E-state index contributed by atoms with van der Waals surface area (Å²) in [5.74, 6) is 3.74. The van der Waals surface area contributed by atoms with E-state index in [0.717, 1.165) is 33.2 Å². The van der Waals surface area contributed by atoms with Crippen molar-refractivity contribution in [2.75, 3.05) is 0 Å². The Labute approximate surface area is 170 Å². The van der Waals surface area contributed by atoms with E-state index in [4.69, 9.17) is 11.2 Å². The molecule has 1 aliphatic rings. The highest BCUT2D eigenvalue weighted by Crippen LogP contribution is 2.53. The summed E-state index contributed by atoms with van der Waals surface area (Å²) >= 11 is 0. The van der Waals surface area contributed by atoms with Gasteiger partial charge < -0.3 is 9.84 Å². The van der Waals surface area contributed by atoms with E-state index >= 15 is 0 Å². The maximum atomic E-state index is 10.9. The van der Waals surface area contributed by atoms with Crippen molar-refractivity contribution in [1.29, 1.82) is 0 Å². The van der Waals surface area contributed by atoms with Gasteiger partial charge in [-0.05, 0) is 28.5 Å². The Morgan fingerprint density at radius 1 is 0.793 bits per heavy atom. The molecule has 0 radical (unpaired) electrons. The number of hydrogen-bond donors (Lipinski definition) is 1. The molecule has 0 unspecified atom stereocenters. The highest BCUT2D eigenvalue weighted by molar-refractivity contribution is 5.88. The van der Waals surface area contributed by atoms with Gasteiger partial charge in [-0.1, -0.05) is 84.8 Å². The minimum absolute atomic E-state index is 0.118. The third-order valence-corrected chi connectivity index (χ3v) is 5.79. The Kier molecular flexibility index (Phi) is 4.22. The summed E-state index contributed by atoms with van der Waals surface area (Å²) in [5, 5.41) is 12.9. The quantitative estimate of drug-likeness (QED) is 0.423. The van der Waals surface area contributed by atoms with Crippen molar-refractivity contribution in [1.82, 2.24) is 0 Å². The van der Waals surface area contributed by atoms with Crippen LogP contribution in [0.1, 0.15) is 34.6 Å². The van der Waals surface area contributed by atoms with Gasteiger partial charge in [-0.15, -0.1) is 6.42 Å². The predicted octanol–water partition coefficient (Wildman–Crippen LogP) is 6.18. The molecule has 1 heterocycles. The monoisotopic (exact) mass is 376 g/mol. The lowest BCUT2D eigenvalue weighted by Crippen LogP contribution is -2.28. The Morgan fingerprint density at radius 3 is 2.34 bits per heavy atom. The molecule has 140 valence electrons. The zero-order chi connectivity index (χ0) is 19.8. The molecule has 1 N–H and O–H groups in total. The van der Waals surface area contributed by atoms with Gasteiger partial charge in [-0.3, -0.25) is 0 Å². The van der Waals surface area contributed by atoms with Gasteiger partial charge in [-0.25, -0.2) is 0 Å². The molecule has 2 nitrogen and oxygen atoms in total. The van der Waals surface area contributed by atoms with Crippen LogP contribution in [0.3, 0.4) is 0 Å². The predicted molar refractivity (Wildman–Crippen MR) is 116 cm³/mol. The summed E-state index contributed by atoms with van der Waals surface area (Å²) in [6.07, 6.45) is 5.67. The van der Waals surface area contributed by atoms with Crippen LogP contribution in [-0.4, -0.2) is 5.11 Å². The molecule has 5 rings (SSSR count). The van der Waals surface area contributed by atoms with Gasteiger partial charge in [0.1, 0.15) is 17.6 Å². The fourth-order valence-electron chi connectivity index (χ4n) is 4.48. The van der Waals surface area contributed by atoms with Crippen LogP contribution in [0.15, 0.2) is 91.0 Å². The molecule has 4 aromatic carbocycles. The SMILES string of the molecule is C#C[C@@H]1c2ccccc2O[C@@H](c2c(O)ccc3ccccc23)[C@@H]1c1ccccc1. The van der Waals surface area contributed by atoms with Gasteiger partial charge >= 0.3 is 0 Å². The summed E-state index contributed by atoms with van der Waals surface area (Å²) < 4.78 is 6.55. The van der Waals surface area contributed by atoms with E-state index in [9.17, 15) is 5.11 Å². The number of ether oxygens (including phenoxy) is 1. The number of terminal acetylenes is 1. The van der Waals surface area contributed by atoms with Crippen molar-refractivity contribution >= 4 is 10.8 Å². The van der Waals surface area contributed by atoms with E-state index in [1.54, 1.807) is 6.07 Å². The second-order valence-electron chi connectivity index (χ2n) is 7.38. The van der Waals surface area contributed by atoms with Crippen LogP contribution < -0.4 is 4.74 Å². The van der Waals surface area contributed by atoms with E-state index in [0.29, 0.717) is 0 Å². The second kappa shape index (κ2) is 7.04. The van der Waals surface area contributed by atoms with Gasteiger partial charge in [0.05, 0.1) is 5.92 Å². The number of rotatable bonds is 2. The first-order valence-corrected chi connectivity index (χ1v) is 9.75. The number of aromatic hydroxyl groups is 1. The van der Waals surface area contributed by atoms with Gasteiger partial charge in [0.15, 0.2) is 0 Å². The molecule has 3 atom stereocenters. The number of fused-ring (bicyclic) bond motifs is 2. The van der Waals surface area contributed by atoms with E-state index < -0.39 is 6.10 Å². The zero-order valence-corrected chi connectivity index (χ0v) is 15.8. The van der Waals surface area contributed by atoms with Crippen molar-refractivity contribution in [3.8, 4) is 23.8 Å². The van der Waals surface area contributed by atoms with E-state index in [-0.39, 0.29) is 17.6 Å². The standard InChI is InChI=1S/C27H20O2/c1-2-20-22-14-8-9-15-24(22)29-27(25(20)19-11-4-3-5-12-19)26-21-13-7-6-10-18(21)16-17-23(26)28/h1,3-17,20,25,27-28H/t20-,25-,27-/m1/s1. The van der Waals surface area contributed by atoms with Gasteiger partial charge in [-0.2, -0.15) is 0 Å². The van der Waals surface area contributed by atoms with E-state index in [1.165, 1.54) is 0 Å². The maximum Gasteiger partial charge on any atom is 0.136 e. The fourth-order valence-corrected chi connectivity index (χ4v) is 4.48. The zero-order valence-electron chi connectivity index (χ0n) is 15.8. The lowest BCUT2D eigenvalue weighted by Gasteiger charge is -2.38. The van der Waals surface area contributed by atoms with Crippen LogP contribution in [-0.2, 0) is 0 Å². The first-order chi connectivity index (χ1) is 14.3. The van der Waals surface area contributed by atoms with Crippen molar-refractivity contribution in [2.24, 2.45) is 0 Å². The number of phenols is 1. The first kappa shape index (κ1) is 17.4. The molecule has 2 heteroatoms. The summed E-state index contributed by atoms with van der Waals surface area (Å²) in [6, 6.07) is 29.9. The molecule has 0 aromatic heterocycles. The van der Waals surface area contributed by atoms with E-state index in [2.05, 4.69) is 18.1 Å². The number of hydrogen-bond acceptors (Lipinski definition) is 2. The Bertz CT molecular complexity index is 1220. The topological polar surface area (TPSA) is 29.5 Å². The average molecular weight is 376 g/mol. The maximum absolute atomic E-state index is 10.9. The largest absolute Gasteiger partial charge is 0.508 e. The molecule has 0 saturated heterocycles. The summed E-state index contributed by atoms with van der Waals surface area (Å²) in [7, 11) is 0. The molecule has 29 heavy (non-hydrogen) atoms. The molecular weight excluding hydrogens is 356 g/mol. The van der Waals surface area contributed by atoms with Crippen molar-refractivity contribution < 1.29 is 9.84 Å². The summed E-state index contributed by atoms with van der Waals surface area (Å²) in [6.45, 7) is 0. The lowest BCUT2D eigenvalue weighted by atomic mass is 9.73. The van der Waals surface area contributed by atoms with Gasteiger partial charge in [0.25, 0.3) is 0 Å². The molecular formula is C27H20O2. The van der Waals surface area contributed by atoms with Crippen molar-refractivity contribution in [3.05, 3.63) is 108 Å². The smallest absolute Gasteiger partial charge is 0.136 e. The minimum Gasteiger partial charge on any atom is -0.508 e. The normalized spacial score (nSPS) is 20.4. The number of para-hydroxylation sites is 1. The van der Waals surface area contributed by atoms with Crippen molar-refractivity contribution in [3.63, 3.8) is 0 Å². The van der Waals surface area contributed by atoms with Crippen LogP contribution in [0.4, 0.5) is 0 Å². The molecule has 0 fully saturated rings. The Morgan fingerprint density at radius 2 is 1.52 bits per heavy atom. The van der Waals surface area contributed by atoms with Crippen LogP contribution in [0.25, 0.3) is 10.8 Å². The molecule has 0 bridgehead atoms. The van der Waals surface area contributed by atoms with Crippen molar-refractivity contribution in [2.45, 2.75) is 17.9 Å². The molecule has 0 aliphatic carbocycles. The number of benzene rings is 4. The molecule has 4 aromatic rings. The first-order valence-electron chi connectivity index (χ1n) is 9.75. The lowest BCUT2D eigenvalue weighted by molar-refractivity contribution is 0.142. The second-order valence-corrected chi connectivity index (χ2v) is 7.38. The van der Waals surface area contributed by atoms with E-state index in [1.807, 2.05) is 72.8 Å². The average Bonchev–Trinajstić information content (AvgIpc) is 2.78. The molecule has 0 amide bonds. The van der Waals surface area contributed by atoms with Crippen LogP contribution in [0.5, 0.6) is 11.5 Å². The summed E-state index contributed by atoms with van der Waals surface area (Å²) in [5.41, 5.74) is 2.90. The highest BCUT2D eigenvalue weighted by atomic mass is 16.5. The van der Waals surface area contributed by atoms with Gasteiger partial charge in [0, 0.05) is 17.0 Å². The fraction of sp³-hybridized carbons (Fsp3) is 0.111. The summed E-state index contributed by atoms with van der Waals surface area (Å²) in [4.78, 5) is 0. The molecule has 0 spiro atoms. The third-order valence-electron chi connectivity index (χ3n) is 5.79.